The normalized spacial score (nSPS) is 33.9. The van der Waals surface area contributed by atoms with Crippen molar-refractivity contribution in [3.05, 3.63) is 0 Å². The maximum Gasteiger partial charge on any atom is 0.0947 e. The van der Waals surface area contributed by atoms with Crippen LogP contribution in [0.4, 0.5) is 0 Å². The Hall–Kier alpha value is 0.230. The third-order valence-electron chi connectivity index (χ3n) is 2.18. The van der Waals surface area contributed by atoms with Gasteiger partial charge < -0.3 is 14.9 Å². The van der Waals surface area contributed by atoms with Crippen molar-refractivity contribution < 1.29 is 14.9 Å². The highest BCUT2D eigenvalue weighted by atomic mass is 32.2. The smallest absolute Gasteiger partial charge is 0.0947 e. The Morgan fingerprint density at radius 1 is 1.46 bits per heavy atom. The molecule has 1 aliphatic heterocycles. The summed E-state index contributed by atoms with van der Waals surface area (Å²) in [5.74, 6) is 0.628. The van der Waals surface area contributed by atoms with Crippen molar-refractivity contribution in [1.82, 2.24) is 0 Å². The highest BCUT2D eigenvalue weighted by Gasteiger charge is 2.33. The van der Waals surface area contributed by atoms with Gasteiger partial charge in [0.2, 0.25) is 0 Å². The molecule has 1 heterocycles. The molecule has 0 spiro atoms. The zero-order chi connectivity index (χ0) is 9.68. The molecule has 3 nitrogen and oxygen atoms in total. The Bertz CT molecular complexity index is 143. The molecule has 0 bridgehead atoms. The van der Waals surface area contributed by atoms with E-state index < -0.39 is 12.2 Å². The third kappa shape index (κ3) is 3.46. The second-order valence-corrected chi connectivity index (χ2v) is 4.63. The lowest BCUT2D eigenvalue weighted by Gasteiger charge is -2.15. The summed E-state index contributed by atoms with van der Waals surface area (Å²) < 4.78 is 5.38. The largest absolute Gasteiger partial charge is 0.390 e. The molecule has 2 N–H and O–H groups in total. The minimum Gasteiger partial charge on any atom is -0.390 e. The van der Waals surface area contributed by atoms with Crippen LogP contribution in [0.3, 0.4) is 0 Å². The molecule has 0 aliphatic carbocycles. The van der Waals surface area contributed by atoms with Gasteiger partial charge in [-0.1, -0.05) is 13.3 Å². The SMILES string of the molecule is CCCCOC[C@H]1SC[C@H](O)[C@@H]1O. The van der Waals surface area contributed by atoms with Crippen molar-refractivity contribution in [2.75, 3.05) is 19.0 Å². The van der Waals surface area contributed by atoms with Gasteiger partial charge in [0.25, 0.3) is 0 Å². The molecule has 0 aromatic carbocycles. The second-order valence-electron chi connectivity index (χ2n) is 3.36. The summed E-state index contributed by atoms with van der Waals surface area (Å²) in [6, 6.07) is 0. The first kappa shape index (κ1) is 11.3. The van der Waals surface area contributed by atoms with E-state index in [-0.39, 0.29) is 5.25 Å². The first-order valence-electron chi connectivity index (χ1n) is 4.81. The average Bonchev–Trinajstić information content (AvgIpc) is 2.43. The van der Waals surface area contributed by atoms with Gasteiger partial charge in [-0.15, -0.1) is 0 Å². The van der Waals surface area contributed by atoms with Crippen molar-refractivity contribution in [3.8, 4) is 0 Å². The van der Waals surface area contributed by atoms with Gasteiger partial charge in [0.05, 0.1) is 24.1 Å². The van der Waals surface area contributed by atoms with E-state index in [1.54, 1.807) is 11.8 Å². The van der Waals surface area contributed by atoms with Gasteiger partial charge in [0, 0.05) is 12.4 Å². The van der Waals surface area contributed by atoms with Crippen LogP contribution in [0.25, 0.3) is 0 Å². The van der Waals surface area contributed by atoms with Gasteiger partial charge in [-0.05, 0) is 6.42 Å². The van der Waals surface area contributed by atoms with Crippen molar-refractivity contribution in [3.63, 3.8) is 0 Å². The van der Waals surface area contributed by atoms with Crippen molar-refractivity contribution in [2.45, 2.75) is 37.2 Å². The summed E-state index contributed by atoms with van der Waals surface area (Å²) in [5.41, 5.74) is 0. The first-order chi connectivity index (χ1) is 6.25. The molecule has 4 heteroatoms. The lowest BCUT2D eigenvalue weighted by Crippen LogP contribution is -2.31. The van der Waals surface area contributed by atoms with Gasteiger partial charge >= 0.3 is 0 Å². The highest BCUT2D eigenvalue weighted by molar-refractivity contribution is 8.00. The molecule has 0 radical (unpaired) electrons. The Morgan fingerprint density at radius 3 is 2.77 bits per heavy atom. The molecular weight excluding hydrogens is 188 g/mol. The van der Waals surface area contributed by atoms with Crippen molar-refractivity contribution in [1.29, 1.82) is 0 Å². The topological polar surface area (TPSA) is 49.7 Å². The fraction of sp³-hybridized carbons (Fsp3) is 1.00. The molecule has 0 aromatic rings. The van der Waals surface area contributed by atoms with Crippen LogP contribution in [0.1, 0.15) is 19.8 Å². The molecule has 0 saturated carbocycles. The molecule has 0 amide bonds. The van der Waals surface area contributed by atoms with Crippen LogP contribution in [0.5, 0.6) is 0 Å². The van der Waals surface area contributed by atoms with Gasteiger partial charge in [0.1, 0.15) is 0 Å². The lowest BCUT2D eigenvalue weighted by atomic mass is 10.2. The quantitative estimate of drug-likeness (QED) is 0.648. The number of thioether (sulfide) groups is 1. The molecule has 13 heavy (non-hydrogen) atoms. The minimum atomic E-state index is -0.605. The Kier molecular flexibility index (Phi) is 5.09. The Balaban J connectivity index is 2.08. The summed E-state index contributed by atoms with van der Waals surface area (Å²) in [5, 5.41) is 18.8. The Labute approximate surface area is 83.5 Å². The number of rotatable bonds is 5. The summed E-state index contributed by atoms with van der Waals surface area (Å²) in [6.45, 7) is 3.44. The predicted octanol–water partition coefficient (Wildman–Crippen LogP) is 0.640. The number of ether oxygens (including phenoxy) is 1. The van der Waals surface area contributed by atoms with Crippen LogP contribution in [0, 0.1) is 0 Å². The van der Waals surface area contributed by atoms with E-state index in [1.165, 1.54) is 0 Å². The van der Waals surface area contributed by atoms with Gasteiger partial charge in [-0.3, -0.25) is 0 Å². The van der Waals surface area contributed by atoms with E-state index in [9.17, 15) is 10.2 Å². The van der Waals surface area contributed by atoms with Gasteiger partial charge in [0.15, 0.2) is 0 Å². The number of hydrogen-bond acceptors (Lipinski definition) is 4. The standard InChI is InChI=1S/C9H18O3S/c1-2-3-4-12-5-8-9(11)7(10)6-13-8/h7-11H,2-6H2,1H3/t7-,8+,9-/m0/s1. The molecule has 78 valence electrons. The monoisotopic (exact) mass is 206 g/mol. The number of hydrogen-bond donors (Lipinski definition) is 2. The van der Waals surface area contributed by atoms with E-state index in [4.69, 9.17) is 4.74 Å². The molecule has 3 atom stereocenters. The fourth-order valence-corrected chi connectivity index (χ4v) is 2.47. The highest BCUT2D eigenvalue weighted by Crippen LogP contribution is 2.27. The predicted molar refractivity (Wildman–Crippen MR) is 54.0 cm³/mol. The van der Waals surface area contributed by atoms with Crippen LogP contribution in [-0.2, 0) is 4.74 Å². The van der Waals surface area contributed by atoms with Crippen molar-refractivity contribution >= 4 is 11.8 Å². The zero-order valence-electron chi connectivity index (χ0n) is 7.98. The molecule has 1 fully saturated rings. The molecular formula is C9H18O3S. The minimum absolute atomic E-state index is 0.0619. The van der Waals surface area contributed by atoms with Crippen LogP contribution in [-0.4, -0.2) is 46.6 Å². The molecule has 0 unspecified atom stereocenters. The number of aliphatic hydroxyl groups excluding tert-OH is 2. The molecule has 0 aromatic heterocycles. The van der Waals surface area contributed by atoms with Crippen LogP contribution in [0.15, 0.2) is 0 Å². The average molecular weight is 206 g/mol. The summed E-state index contributed by atoms with van der Waals surface area (Å²) in [6.07, 6.45) is 1.02. The number of aliphatic hydroxyl groups is 2. The number of unbranched alkanes of at least 4 members (excludes halogenated alkanes) is 1. The molecule has 1 rings (SSSR count). The van der Waals surface area contributed by atoms with Crippen LogP contribution >= 0.6 is 11.8 Å². The zero-order valence-corrected chi connectivity index (χ0v) is 8.80. The lowest BCUT2D eigenvalue weighted by molar-refractivity contribution is 0.0206. The summed E-state index contributed by atoms with van der Waals surface area (Å²) >= 11 is 1.59. The van der Waals surface area contributed by atoms with Crippen molar-refractivity contribution in [2.24, 2.45) is 0 Å². The van der Waals surface area contributed by atoms with Gasteiger partial charge in [-0.2, -0.15) is 11.8 Å². The van der Waals surface area contributed by atoms with Gasteiger partial charge in [-0.25, -0.2) is 0 Å². The van der Waals surface area contributed by atoms with E-state index in [2.05, 4.69) is 6.92 Å². The molecule has 1 saturated heterocycles. The van der Waals surface area contributed by atoms with Crippen LogP contribution in [0.2, 0.25) is 0 Å². The first-order valence-corrected chi connectivity index (χ1v) is 5.86. The fourth-order valence-electron chi connectivity index (χ4n) is 1.26. The summed E-state index contributed by atoms with van der Waals surface area (Å²) in [4.78, 5) is 0. The molecule has 1 aliphatic rings. The Morgan fingerprint density at radius 2 is 2.23 bits per heavy atom. The maximum absolute atomic E-state index is 9.46. The third-order valence-corrected chi connectivity index (χ3v) is 3.56. The van der Waals surface area contributed by atoms with E-state index in [0.717, 1.165) is 19.4 Å². The second kappa shape index (κ2) is 5.86. The van der Waals surface area contributed by atoms with Crippen LogP contribution < -0.4 is 0 Å². The summed E-state index contributed by atoms with van der Waals surface area (Å²) in [7, 11) is 0. The maximum atomic E-state index is 9.46. The van der Waals surface area contributed by atoms with E-state index in [1.807, 2.05) is 0 Å². The van der Waals surface area contributed by atoms with E-state index >= 15 is 0 Å². The van der Waals surface area contributed by atoms with E-state index in [0.29, 0.717) is 12.4 Å².